The van der Waals surface area contributed by atoms with Crippen LogP contribution in [0.15, 0.2) is 10.3 Å². The lowest BCUT2D eigenvalue weighted by atomic mass is 10.2. The minimum atomic E-state index is -3.80. The van der Waals surface area contributed by atoms with Gasteiger partial charge in [0, 0.05) is 11.4 Å². The maximum absolute atomic E-state index is 14.1. The zero-order valence-corrected chi connectivity index (χ0v) is 16.5. The van der Waals surface area contributed by atoms with Crippen molar-refractivity contribution in [2.24, 2.45) is 0 Å². The van der Waals surface area contributed by atoms with Crippen molar-refractivity contribution in [2.45, 2.75) is 56.1 Å². The molecule has 8 heteroatoms. The van der Waals surface area contributed by atoms with Crippen LogP contribution < -0.4 is 4.39 Å². The Balaban J connectivity index is 2.22. The van der Waals surface area contributed by atoms with Gasteiger partial charge >= 0.3 is 0 Å². The molecule has 1 aliphatic heterocycles. The highest BCUT2D eigenvalue weighted by atomic mass is 32.2. The number of likely N-dealkylation sites (tertiary alicyclic amines) is 1. The van der Waals surface area contributed by atoms with Crippen molar-refractivity contribution >= 4 is 29.6 Å². The molecule has 0 saturated carbocycles. The number of hydrogen-bond acceptors (Lipinski definition) is 4. The molecule has 1 N–H and O–H groups in total. The van der Waals surface area contributed by atoms with E-state index in [4.69, 9.17) is 0 Å². The Labute approximate surface area is 137 Å². The third-order valence-electron chi connectivity index (χ3n) is 4.54. The number of nitrogens with zero attached hydrogens (tertiary/aromatic N) is 1. The fourth-order valence-electron chi connectivity index (χ4n) is 1.95. The second-order valence-electron chi connectivity index (χ2n) is 7.46. The van der Waals surface area contributed by atoms with E-state index in [0.717, 1.165) is 35.7 Å². The van der Waals surface area contributed by atoms with E-state index in [9.17, 15) is 12.8 Å². The predicted octanol–water partition coefficient (Wildman–Crippen LogP) is 3.38. The summed E-state index contributed by atoms with van der Waals surface area (Å²) in [7, 11) is -6.07. The van der Waals surface area contributed by atoms with Gasteiger partial charge in [0.05, 0.1) is 0 Å². The van der Waals surface area contributed by atoms with Crippen molar-refractivity contribution in [1.82, 2.24) is 9.29 Å². The lowest BCUT2D eigenvalue weighted by molar-refractivity contribution is 0.174. The normalized spacial score (nSPS) is 17.5. The lowest BCUT2D eigenvalue weighted by Gasteiger charge is -2.36. The molecule has 1 aromatic rings. The SMILES string of the molecule is CC(C)(C)[Si](C)(C)NS(=O)(=O)c1sc(CN2CCC2)cc1F. The summed E-state index contributed by atoms with van der Waals surface area (Å²) >= 11 is 1.05. The molecule has 1 fully saturated rings. The van der Waals surface area contributed by atoms with Crippen molar-refractivity contribution in [1.29, 1.82) is 0 Å². The number of thiophene rings is 1. The van der Waals surface area contributed by atoms with Crippen molar-refractivity contribution in [3.63, 3.8) is 0 Å². The van der Waals surface area contributed by atoms with Crippen LogP contribution in [0.5, 0.6) is 0 Å². The zero-order chi connectivity index (χ0) is 16.8. The molecule has 0 bridgehead atoms. The maximum atomic E-state index is 14.1. The summed E-state index contributed by atoms with van der Waals surface area (Å²) in [6, 6.07) is 1.36. The minimum Gasteiger partial charge on any atom is -0.298 e. The largest absolute Gasteiger partial charge is 0.298 e. The van der Waals surface area contributed by atoms with Gasteiger partial charge in [-0.3, -0.25) is 4.90 Å². The van der Waals surface area contributed by atoms with Crippen molar-refractivity contribution in [2.75, 3.05) is 13.1 Å². The van der Waals surface area contributed by atoms with Crippen molar-refractivity contribution < 1.29 is 12.8 Å². The Morgan fingerprint density at radius 3 is 2.41 bits per heavy atom. The molecule has 0 radical (unpaired) electrons. The molecule has 0 unspecified atom stereocenters. The van der Waals surface area contributed by atoms with Crippen LogP contribution in [0.1, 0.15) is 32.1 Å². The highest BCUT2D eigenvalue weighted by Crippen LogP contribution is 2.36. The Morgan fingerprint density at radius 2 is 1.95 bits per heavy atom. The average molecular weight is 365 g/mol. The predicted molar refractivity (Wildman–Crippen MR) is 91.7 cm³/mol. The summed E-state index contributed by atoms with van der Waals surface area (Å²) in [6.07, 6.45) is 1.16. The third kappa shape index (κ3) is 3.79. The second kappa shape index (κ2) is 5.97. The third-order valence-corrected chi connectivity index (χ3v) is 13.9. The minimum absolute atomic E-state index is 0.145. The number of hydrogen-bond donors (Lipinski definition) is 1. The van der Waals surface area contributed by atoms with Gasteiger partial charge in [0.2, 0.25) is 10.0 Å². The van der Waals surface area contributed by atoms with Gasteiger partial charge in [-0.2, -0.15) is 0 Å². The topological polar surface area (TPSA) is 49.4 Å². The maximum Gasteiger partial charge on any atom is 0.247 e. The first-order chi connectivity index (χ1) is 9.92. The summed E-state index contributed by atoms with van der Waals surface area (Å²) in [5, 5.41) is -0.145. The van der Waals surface area contributed by atoms with E-state index in [1.54, 1.807) is 0 Å². The van der Waals surface area contributed by atoms with E-state index >= 15 is 0 Å². The molecular weight excluding hydrogens is 339 g/mol. The first-order valence-electron chi connectivity index (χ1n) is 7.47. The van der Waals surface area contributed by atoms with Crippen LogP contribution >= 0.6 is 11.3 Å². The summed E-state index contributed by atoms with van der Waals surface area (Å²) in [6.45, 7) is 12.6. The molecule has 0 spiro atoms. The highest BCUT2D eigenvalue weighted by molar-refractivity contribution is 7.93. The summed E-state index contributed by atoms with van der Waals surface area (Å²) in [4.78, 5) is 2.95. The van der Waals surface area contributed by atoms with Crippen LogP contribution in [0.2, 0.25) is 18.1 Å². The van der Waals surface area contributed by atoms with Gasteiger partial charge < -0.3 is 0 Å². The number of nitrogens with one attached hydrogen (secondary N) is 1. The smallest absolute Gasteiger partial charge is 0.247 e. The van der Waals surface area contributed by atoms with Gasteiger partial charge in [0.15, 0.2) is 10.0 Å². The number of sulfonamides is 1. The van der Waals surface area contributed by atoms with Gasteiger partial charge in [-0.25, -0.2) is 17.2 Å². The van der Waals surface area contributed by atoms with Crippen molar-refractivity contribution in [3.8, 4) is 0 Å². The molecular formula is C14H25FN2O2S2Si. The molecule has 4 nitrogen and oxygen atoms in total. The monoisotopic (exact) mass is 364 g/mol. The fourth-order valence-corrected chi connectivity index (χ4v) is 8.49. The standard InChI is InChI=1S/C14H25FN2O2S2Si/c1-14(2,3)22(4,5)16-21(18,19)13-12(15)9-11(20-13)10-17-7-6-8-17/h9,16H,6-8,10H2,1-5H3. The summed E-state index contributed by atoms with van der Waals surface area (Å²) in [5.41, 5.74) is 0. The highest BCUT2D eigenvalue weighted by Gasteiger charge is 2.40. The van der Waals surface area contributed by atoms with E-state index in [1.807, 2.05) is 33.9 Å². The summed E-state index contributed by atoms with van der Waals surface area (Å²) < 4.78 is 41.9. The van der Waals surface area contributed by atoms with Gasteiger partial charge in [-0.05, 0) is 30.6 Å². The van der Waals surface area contributed by atoms with E-state index in [1.165, 1.54) is 6.07 Å². The Hall–Kier alpha value is -0.283. The quantitative estimate of drug-likeness (QED) is 0.815. The molecule has 22 heavy (non-hydrogen) atoms. The van der Waals surface area contributed by atoms with Crippen LogP contribution in [0.4, 0.5) is 4.39 Å². The Kier molecular flexibility index (Phi) is 4.90. The van der Waals surface area contributed by atoms with E-state index in [-0.39, 0.29) is 9.25 Å². The molecule has 1 saturated heterocycles. The van der Waals surface area contributed by atoms with Gasteiger partial charge in [-0.15, -0.1) is 11.3 Å². The van der Waals surface area contributed by atoms with E-state index in [2.05, 4.69) is 9.29 Å². The first kappa shape index (κ1) is 18.1. The Bertz CT molecular complexity index is 646. The molecule has 0 amide bonds. The first-order valence-corrected chi connectivity index (χ1v) is 12.8. The molecule has 2 heterocycles. The number of halogens is 1. The summed E-state index contributed by atoms with van der Waals surface area (Å²) in [5.74, 6) is -0.633. The van der Waals surface area contributed by atoms with Crippen LogP contribution in [0.3, 0.4) is 0 Å². The molecule has 2 rings (SSSR count). The van der Waals surface area contributed by atoms with E-state index in [0.29, 0.717) is 6.54 Å². The van der Waals surface area contributed by atoms with Crippen LogP contribution in [-0.4, -0.2) is 34.6 Å². The van der Waals surface area contributed by atoms with Gasteiger partial charge in [0.25, 0.3) is 0 Å². The van der Waals surface area contributed by atoms with Crippen LogP contribution in [-0.2, 0) is 16.6 Å². The molecule has 126 valence electrons. The molecule has 0 aromatic carbocycles. The molecule has 0 aliphatic carbocycles. The lowest BCUT2D eigenvalue weighted by Crippen LogP contribution is -2.54. The van der Waals surface area contributed by atoms with Gasteiger partial charge in [0.1, 0.15) is 8.24 Å². The zero-order valence-electron chi connectivity index (χ0n) is 13.9. The molecule has 1 aromatic heterocycles. The average Bonchev–Trinajstić information content (AvgIpc) is 2.63. The molecule has 0 atom stereocenters. The van der Waals surface area contributed by atoms with Gasteiger partial charge in [-0.1, -0.05) is 33.9 Å². The van der Waals surface area contributed by atoms with Crippen LogP contribution in [0, 0.1) is 5.82 Å². The van der Waals surface area contributed by atoms with Crippen molar-refractivity contribution in [3.05, 3.63) is 16.8 Å². The molecule has 1 aliphatic rings. The van der Waals surface area contributed by atoms with Crippen LogP contribution in [0.25, 0.3) is 0 Å². The number of rotatable bonds is 5. The van der Waals surface area contributed by atoms with E-state index < -0.39 is 24.1 Å². The Morgan fingerprint density at radius 1 is 1.36 bits per heavy atom. The fraction of sp³-hybridized carbons (Fsp3) is 0.714. The second-order valence-corrected chi connectivity index (χ2v) is 15.8.